The number of nitrogens with zero attached hydrogens (tertiary/aromatic N) is 1. The van der Waals surface area contributed by atoms with Crippen molar-refractivity contribution in [2.45, 2.75) is 38.8 Å². The molecule has 1 heterocycles. The first-order valence-corrected chi connectivity index (χ1v) is 8.40. The standard InChI is InChI=1S/C18H19ClN2O6/c1-10(19)9-13(20-17(25)26-18(2,3)4)16(24)27-21-14(22)11-7-5-6-8-12(11)15(21)23/h5-8,13H,1,9H2,2-4H3,(H,20,25). The summed E-state index contributed by atoms with van der Waals surface area (Å²) in [5, 5.41) is 2.72. The zero-order chi connectivity index (χ0) is 20.4. The summed E-state index contributed by atoms with van der Waals surface area (Å²) in [6, 6.07) is 4.76. The lowest BCUT2D eigenvalue weighted by Gasteiger charge is -2.23. The Balaban J connectivity index is 2.12. The van der Waals surface area contributed by atoms with Gasteiger partial charge in [0.05, 0.1) is 11.1 Å². The number of alkyl carbamates (subject to hydrolysis) is 1. The van der Waals surface area contributed by atoms with Crippen LogP contribution < -0.4 is 5.32 Å². The van der Waals surface area contributed by atoms with E-state index in [0.29, 0.717) is 5.06 Å². The number of fused-ring (bicyclic) bond motifs is 1. The Labute approximate surface area is 161 Å². The summed E-state index contributed by atoms with van der Waals surface area (Å²) < 4.78 is 5.08. The smallest absolute Gasteiger partial charge is 0.408 e. The summed E-state index contributed by atoms with van der Waals surface area (Å²) in [5.74, 6) is -2.61. The summed E-state index contributed by atoms with van der Waals surface area (Å²) in [4.78, 5) is 53.9. The fourth-order valence-corrected chi connectivity index (χ4v) is 2.42. The molecule has 144 valence electrons. The van der Waals surface area contributed by atoms with Crippen LogP contribution in [0.4, 0.5) is 4.79 Å². The van der Waals surface area contributed by atoms with Gasteiger partial charge in [0.15, 0.2) is 0 Å². The Kier molecular flexibility index (Phi) is 5.90. The van der Waals surface area contributed by atoms with Gasteiger partial charge in [-0.15, -0.1) is 0 Å². The maximum absolute atomic E-state index is 12.4. The molecule has 0 fully saturated rings. The molecule has 1 aromatic carbocycles. The van der Waals surface area contributed by atoms with Crippen LogP contribution >= 0.6 is 11.6 Å². The van der Waals surface area contributed by atoms with Gasteiger partial charge in [-0.2, -0.15) is 0 Å². The normalized spacial score (nSPS) is 14.4. The molecule has 1 aromatic rings. The Hall–Kier alpha value is -2.87. The van der Waals surface area contributed by atoms with Crippen molar-refractivity contribution in [2.75, 3.05) is 0 Å². The van der Waals surface area contributed by atoms with Crippen molar-refractivity contribution in [3.63, 3.8) is 0 Å². The maximum Gasteiger partial charge on any atom is 0.408 e. The van der Waals surface area contributed by atoms with Gasteiger partial charge in [-0.3, -0.25) is 9.59 Å². The van der Waals surface area contributed by atoms with Crippen molar-refractivity contribution in [2.24, 2.45) is 0 Å². The van der Waals surface area contributed by atoms with Gasteiger partial charge in [-0.05, 0) is 32.9 Å². The van der Waals surface area contributed by atoms with Crippen molar-refractivity contribution in [1.82, 2.24) is 10.4 Å². The van der Waals surface area contributed by atoms with Crippen molar-refractivity contribution < 1.29 is 28.8 Å². The molecule has 2 rings (SSSR count). The predicted octanol–water partition coefficient (Wildman–Crippen LogP) is 2.78. The van der Waals surface area contributed by atoms with Crippen LogP contribution in [0.25, 0.3) is 0 Å². The number of nitrogens with one attached hydrogen (secondary N) is 1. The van der Waals surface area contributed by atoms with E-state index in [1.165, 1.54) is 12.1 Å². The highest BCUT2D eigenvalue weighted by Gasteiger charge is 2.40. The molecule has 1 aliphatic heterocycles. The highest BCUT2D eigenvalue weighted by Crippen LogP contribution is 2.23. The van der Waals surface area contributed by atoms with E-state index in [0.717, 1.165) is 0 Å². The van der Waals surface area contributed by atoms with Crippen LogP contribution in [-0.4, -0.2) is 40.6 Å². The van der Waals surface area contributed by atoms with E-state index in [9.17, 15) is 19.2 Å². The van der Waals surface area contributed by atoms with Gasteiger partial charge in [0.1, 0.15) is 11.6 Å². The molecule has 9 heteroatoms. The molecule has 1 unspecified atom stereocenters. The van der Waals surface area contributed by atoms with Crippen molar-refractivity contribution >= 4 is 35.5 Å². The van der Waals surface area contributed by atoms with E-state index in [-0.39, 0.29) is 22.6 Å². The molecule has 0 radical (unpaired) electrons. The van der Waals surface area contributed by atoms with Gasteiger partial charge < -0.3 is 14.9 Å². The van der Waals surface area contributed by atoms with Crippen LogP contribution in [-0.2, 0) is 14.4 Å². The molecule has 0 spiro atoms. The Morgan fingerprint density at radius 1 is 1.19 bits per heavy atom. The fourth-order valence-electron chi connectivity index (χ4n) is 2.27. The maximum atomic E-state index is 12.4. The van der Waals surface area contributed by atoms with Crippen molar-refractivity contribution in [1.29, 1.82) is 0 Å². The van der Waals surface area contributed by atoms with Crippen molar-refractivity contribution in [3.8, 4) is 0 Å². The second-order valence-electron chi connectivity index (χ2n) is 6.78. The summed E-state index contributed by atoms with van der Waals surface area (Å²) in [5.41, 5.74) is -0.554. The van der Waals surface area contributed by atoms with Crippen LogP contribution in [0, 0.1) is 0 Å². The second kappa shape index (κ2) is 7.79. The quantitative estimate of drug-likeness (QED) is 0.770. The van der Waals surface area contributed by atoms with Crippen LogP contribution in [0.2, 0.25) is 0 Å². The van der Waals surface area contributed by atoms with Gasteiger partial charge in [-0.1, -0.05) is 35.4 Å². The molecule has 1 atom stereocenters. The minimum Gasteiger partial charge on any atom is -0.444 e. The number of rotatable bonds is 5. The number of halogens is 1. The van der Waals surface area contributed by atoms with Gasteiger partial charge in [-0.25, -0.2) is 9.59 Å². The lowest BCUT2D eigenvalue weighted by molar-refractivity contribution is -0.171. The molecule has 1 N–H and O–H groups in total. The molecule has 3 amide bonds. The Bertz CT molecular complexity index is 779. The summed E-state index contributed by atoms with van der Waals surface area (Å²) >= 11 is 5.74. The number of hydrogen-bond donors (Lipinski definition) is 1. The highest BCUT2D eigenvalue weighted by molar-refractivity contribution is 6.29. The average Bonchev–Trinajstić information content (AvgIpc) is 2.77. The average molecular weight is 395 g/mol. The molecule has 27 heavy (non-hydrogen) atoms. The number of carbonyl (C=O) groups excluding carboxylic acids is 4. The first-order valence-electron chi connectivity index (χ1n) is 8.02. The van der Waals surface area contributed by atoms with Gasteiger partial charge in [0.25, 0.3) is 11.8 Å². The van der Waals surface area contributed by atoms with Gasteiger partial charge in [0.2, 0.25) is 0 Å². The Morgan fingerprint density at radius 3 is 2.15 bits per heavy atom. The number of carbonyl (C=O) groups is 4. The number of amides is 3. The molecular weight excluding hydrogens is 376 g/mol. The minimum atomic E-state index is -1.30. The molecule has 0 aliphatic carbocycles. The summed E-state index contributed by atoms with van der Waals surface area (Å²) in [6.45, 7) is 8.43. The lowest BCUT2D eigenvalue weighted by atomic mass is 10.1. The number of hydroxylamine groups is 2. The minimum absolute atomic E-state index is 0.0652. The van der Waals surface area contributed by atoms with E-state index in [1.807, 2.05) is 0 Å². The van der Waals surface area contributed by atoms with Crippen LogP contribution in [0.5, 0.6) is 0 Å². The third-order valence-corrected chi connectivity index (χ3v) is 3.49. The van der Waals surface area contributed by atoms with Crippen LogP contribution in [0.3, 0.4) is 0 Å². The largest absolute Gasteiger partial charge is 0.444 e. The first kappa shape index (κ1) is 20.4. The van der Waals surface area contributed by atoms with E-state index in [1.54, 1.807) is 32.9 Å². The third kappa shape index (κ3) is 5.07. The summed E-state index contributed by atoms with van der Waals surface area (Å²) in [7, 11) is 0. The van der Waals surface area contributed by atoms with E-state index in [2.05, 4.69) is 11.9 Å². The topological polar surface area (TPSA) is 102 Å². The first-order chi connectivity index (χ1) is 12.5. The Morgan fingerprint density at radius 2 is 1.70 bits per heavy atom. The monoisotopic (exact) mass is 394 g/mol. The zero-order valence-corrected chi connectivity index (χ0v) is 15.8. The van der Waals surface area contributed by atoms with Crippen molar-refractivity contribution in [3.05, 3.63) is 47.0 Å². The molecular formula is C18H19ClN2O6. The van der Waals surface area contributed by atoms with E-state index >= 15 is 0 Å². The van der Waals surface area contributed by atoms with Crippen LogP contribution in [0.1, 0.15) is 47.9 Å². The molecule has 0 bridgehead atoms. The second-order valence-corrected chi connectivity index (χ2v) is 7.32. The SMILES string of the molecule is C=C(Cl)CC(NC(=O)OC(C)(C)C)C(=O)ON1C(=O)c2ccccc2C1=O. The van der Waals surface area contributed by atoms with E-state index in [4.69, 9.17) is 21.2 Å². The number of ether oxygens (including phenoxy) is 1. The molecule has 8 nitrogen and oxygen atoms in total. The number of hydrogen-bond acceptors (Lipinski definition) is 6. The van der Waals surface area contributed by atoms with Gasteiger partial charge in [0, 0.05) is 11.5 Å². The molecule has 0 saturated carbocycles. The molecule has 1 aliphatic rings. The predicted molar refractivity (Wildman–Crippen MR) is 95.8 cm³/mol. The highest BCUT2D eigenvalue weighted by atomic mass is 35.5. The number of benzene rings is 1. The molecule has 0 saturated heterocycles. The summed E-state index contributed by atoms with van der Waals surface area (Å²) in [6.07, 6.45) is -1.06. The third-order valence-electron chi connectivity index (χ3n) is 3.34. The lowest BCUT2D eigenvalue weighted by Crippen LogP contribution is -2.47. The molecule has 0 aromatic heterocycles. The van der Waals surface area contributed by atoms with E-state index < -0.39 is 35.5 Å². The fraction of sp³-hybridized carbons (Fsp3) is 0.333. The number of imide groups is 1. The van der Waals surface area contributed by atoms with Crippen LogP contribution in [0.15, 0.2) is 35.9 Å². The zero-order valence-electron chi connectivity index (χ0n) is 15.1. The van der Waals surface area contributed by atoms with Gasteiger partial charge >= 0.3 is 12.1 Å².